The Balaban J connectivity index is 1.58. The smallest absolute Gasteiger partial charge is 0.398 e. The number of likely N-dealkylation sites (tertiary alicyclic amines) is 1. The van der Waals surface area contributed by atoms with Crippen LogP contribution in [0.3, 0.4) is 0 Å². The number of anilines is 2. The zero-order valence-corrected chi connectivity index (χ0v) is 18.0. The number of aryl methyl sites for hydroxylation is 2. The van der Waals surface area contributed by atoms with Gasteiger partial charge in [0, 0.05) is 26.7 Å². The highest BCUT2D eigenvalue weighted by atomic mass is 16.7. The van der Waals surface area contributed by atoms with Crippen LogP contribution < -0.4 is 16.5 Å². The second-order valence-corrected chi connectivity index (χ2v) is 8.90. The first-order valence-corrected chi connectivity index (χ1v) is 10.0. The average Bonchev–Trinajstić information content (AvgIpc) is 3.03. The van der Waals surface area contributed by atoms with E-state index in [0.29, 0.717) is 17.1 Å². The van der Waals surface area contributed by atoms with Gasteiger partial charge < -0.3 is 14.6 Å². The van der Waals surface area contributed by atoms with E-state index in [1.54, 1.807) is 13.1 Å². The summed E-state index contributed by atoms with van der Waals surface area (Å²) in [5.41, 5.74) is 0.846. The lowest BCUT2D eigenvalue weighted by Gasteiger charge is -2.32. The van der Waals surface area contributed by atoms with Crippen LogP contribution in [0.25, 0.3) is 0 Å². The molecule has 2 saturated heterocycles. The van der Waals surface area contributed by atoms with Crippen LogP contribution in [0, 0.1) is 0 Å². The summed E-state index contributed by atoms with van der Waals surface area (Å²) in [6, 6.07) is 3.67. The maximum Gasteiger partial charge on any atom is 0.516 e. The van der Waals surface area contributed by atoms with Gasteiger partial charge in [0.1, 0.15) is 5.69 Å². The first kappa shape index (κ1) is 20.1. The Kier molecular flexibility index (Phi) is 4.83. The Morgan fingerprint density at radius 3 is 2.31 bits per heavy atom. The topological polar surface area (TPSA) is 86.4 Å². The van der Waals surface area contributed by atoms with Crippen molar-refractivity contribution >= 4 is 24.2 Å². The van der Waals surface area contributed by atoms with Crippen LogP contribution in [0.2, 0.25) is 0 Å². The Morgan fingerprint density at radius 1 is 1.07 bits per heavy atom. The fourth-order valence-electron chi connectivity index (χ4n) is 3.42. The van der Waals surface area contributed by atoms with E-state index in [9.17, 15) is 4.79 Å². The molecule has 4 heterocycles. The molecule has 0 atom stereocenters. The molecule has 0 aliphatic carbocycles. The minimum absolute atomic E-state index is 0.236. The van der Waals surface area contributed by atoms with Gasteiger partial charge in [-0.2, -0.15) is 10.2 Å². The molecule has 4 rings (SSSR count). The summed E-state index contributed by atoms with van der Waals surface area (Å²) in [6.07, 6.45) is 1.25. The molecule has 2 aromatic heterocycles. The molecule has 0 amide bonds. The maximum atomic E-state index is 12.6. The number of hydrogen-bond donors (Lipinski definition) is 1. The largest absolute Gasteiger partial charge is 0.516 e. The van der Waals surface area contributed by atoms with E-state index in [-0.39, 0.29) is 5.56 Å². The standard InChI is InChI=1S/C19H29BN6O3/c1-18(2)19(3,4)29-20(28-18)15-11-14(17(27)25(6)22-15)21-16-10-13(24(5)23-16)12-26-8-7-9-26/h10-11H,7-9,12H2,1-6H3,(H,21,23). The van der Waals surface area contributed by atoms with Gasteiger partial charge in [-0.25, -0.2) is 4.68 Å². The van der Waals surface area contributed by atoms with E-state index in [0.717, 1.165) is 25.3 Å². The number of nitrogens with zero attached hydrogens (tertiary/aromatic N) is 5. The van der Waals surface area contributed by atoms with Crippen molar-refractivity contribution in [3.8, 4) is 0 Å². The molecule has 0 aromatic carbocycles. The van der Waals surface area contributed by atoms with Crippen molar-refractivity contribution in [2.45, 2.75) is 51.9 Å². The fourth-order valence-corrected chi connectivity index (χ4v) is 3.42. The summed E-state index contributed by atoms with van der Waals surface area (Å²) in [5.74, 6) is 0.631. The zero-order valence-electron chi connectivity index (χ0n) is 18.0. The highest BCUT2D eigenvalue weighted by Crippen LogP contribution is 2.36. The maximum absolute atomic E-state index is 12.6. The molecule has 0 spiro atoms. The predicted octanol–water partition coefficient (Wildman–Crippen LogP) is 0.762. The quantitative estimate of drug-likeness (QED) is 0.742. The van der Waals surface area contributed by atoms with Gasteiger partial charge in [0.15, 0.2) is 5.82 Å². The average molecular weight is 400 g/mol. The Bertz CT molecular complexity index is 963. The van der Waals surface area contributed by atoms with Crippen molar-refractivity contribution in [2.24, 2.45) is 14.1 Å². The molecule has 0 radical (unpaired) electrons. The first-order valence-electron chi connectivity index (χ1n) is 10.0. The zero-order chi connectivity index (χ0) is 21.0. The lowest BCUT2D eigenvalue weighted by Crippen LogP contribution is -2.41. The van der Waals surface area contributed by atoms with Gasteiger partial charge in [-0.3, -0.25) is 14.4 Å². The summed E-state index contributed by atoms with van der Waals surface area (Å²) < 4.78 is 15.3. The van der Waals surface area contributed by atoms with Crippen molar-refractivity contribution in [3.63, 3.8) is 0 Å². The number of rotatable bonds is 5. The van der Waals surface area contributed by atoms with Crippen LogP contribution in [0.15, 0.2) is 16.9 Å². The highest BCUT2D eigenvalue weighted by molar-refractivity contribution is 6.61. The summed E-state index contributed by atoms with van der Waals surface area (Å²) >= 11 is 0. The van der Waals surface area contributed by atoms with Gasteiger partial charge in [-0.15, -0.1) is 0 Å². The van der Waals surface area contributed by atoms with Crippen molar-refractivity contribution in [1.29, 1.82) is 0 Å². The fraction of sp³-hybridized carbons (Fsp3) is 0.632. The second-order valence-electron chi connectivity index (χ2n) is 8.90. The van der Waals surface area contributed by atoms with Crippen molar-refractivity contribution in [3.05, 3.63) is 28.2 Å². The van der Waals surface area contributed by atoms with E-state index in [2.05, 4.69) is 20.4 Å². The van der Waals surface area contributed by atoms with Crippen LogP contribution in [-0.2, 0) is 29.9 Å². The SMILES string of the molecule is Cn1nc(Nc2cc(B3OC(C)(C)C(C)(C)O3)nn(C)c2=O)cc1CN1CCC1. The second kappa shape index (κ2) is 6.96. The van der Waals surface area contributed by atoms with Gasteiger partial charge in [0.25, 0.3) is 5.56 Å². The Morgan fingerprint density at radius 2 is 1.72 bits per heavy atom. The van der Waals surface area contributed by atoms with Gasteiger partial charge in [-0.1, -0.05) is 0 Å². The van der Waals surface area contributed by atoms with Crippen molar-refractivity contribution < 1.29 is 9.31 Å². The molecule has 2 aliphatic heterocycles. The highest BCUT2D eigenvalue weighted by Gasteiger charge is 2.52. The molecule has 2 aromatic rings. The molecule has 29 heavy (non-hydrogen) atoms. The van der Waals surface area contributed by atoms with E-state index in [1.165, 1.54) is 11.1 Å². The van der Waals surface area contributed by atoms with Crippen LogP contribution >= 0.6 is 0 Å². The van der Waals surface area contributed by atoms with Gasteiger partial charge in [0.05, 0.1) is 22.5 Å². The molecule has 0 bridgehead atoms. The lowest BCUT2D eigenvalue weighted by atomic mass is 9.84. The number of nitrogens with one attached hydrogen (secondary N) is 1. The molecule has 1 N–H and O–H groups in total. The summed E-state index contributed by atoms with van der Waals surface area (Å²) in [6.45, 7) is 11.1. The van der Waals surface area contributed by atoms with Crippen molar-refractivity contribution in [2.75, 3.05) is 18.4 Å². The summed E-state index contributed by atoms with van der Waals surface area (Å²) in [7, 11) is 2.90. The molecule has 10 heteroatoms. The molecule has 9 nitrogen and oxygen atoms in total. The first-order chi connectivity index (χ1) is 13.6. The molecule has 2 aliphatic rings. The molecular formula is C19H29BN6O3. The van der Waals surface area contributed by atoms with Crippen LogP contribution in [0.1, 0.15) is 39.8 Å². The molecular weight excluding hydrogens is 371 g/mol. The molecule has 0 unspecified atom stereocenters. The minimum Gasteiger partial charge on any atom is -0.398 e. The third kappa shape index (κ3) is 3.72. The van der Waals surface area contributed by atoms with Crippen LogP contribution in [0.5, 0.6) is 0 Å². The van der Waals surface area contributed by atoms with E-state index in [4.69, 9.17) is 9.31 Å². The molecule has 0 saturated carbocycles. The normalized spacial score (nSPS) is 20.7. The predicted molar refractivity (Wildman–Crippen MR) is 112 cm³/mol. The molecule has 156 valence electrons. The van der Waals surface area contributed by atoms with Crippen LogP contribution in [-0.4, -0.2) is 55.9 Å². The monoisotopic (exact) mass is 400 g/mol. The number of hydrogen-bond acceptors (Lipinski definition) is 7. The van der Waals surface area contributed by atoms with Gasteiger partial charge >= 0.3 is 7.12 Å². The Labute approximate surface area is 171 Å². The van der Waals surface area contributed by atoms with Gasteiger partial charge in [0.2, 0.25) is 0 Å². The summed E-state index contributed by atoms with van der Waals surface area (Å²) in [5, 5.41) is 12.0. The van der Waals surface area contributed by atoms with E-state index in [1.807, 2.05) is 45.5 Å². The number of aromatic nitrogens is 4. The Hall–Kier alpha value is -2.17. The van der Waals surface area contributed by atoms with Gasteiger partial charge in [-0.05, 0) is 53.3 Å². The lowest BCUT2D eigenvalue weighted by molar-refractivity contribution is 0.00578. The molecule has 2 fully saturated rings. The minimum atomic E-state index is -0.641. The third-order valence-corrected chi connectivity index (χ3v) is 6.15. The van der Waals surface area contributed by atoms with Crippen LogP contribution in [0.4, 0.5) is 11.5 Å². The summed E-state index contributed by atoms with van der Waals surface area (Å²) in [4.78, 5) is 15.0. The van der Waals surface area contributed by atoms with E-state index < -0.39 is 18.3 Å². The van der Waals surface area contributed by atoms with E-state index >= 15 is 0 Å². The van der Waals surface area contributed by atoms with Crippen molar-refractivity contribution in [1.82, 2.24) is 24.5 Å². The third-order valence-electron chi connectivity index (χ3n) is 6.15.